The zero-order valence-corrected chi connectivity index (χ0v) is 16.2. The summed E-state index contributed by atoms with van der Waals surface area (Å²) in [6.45, 7) is 6.71. The van der Waals surface area contributed by atoms with Gasteiger partial charge in [0.15, 0.2) is 5.78 Å². The first-order valence-corrected chi connectivity index (χ1v) is 9.05. The molecule has 0 bridgehead atoms. The molecule has 3 rings (SSSR count). The molecule has 0 saturated carbocycles. The van der Waals surface area contributed by atoms with Crippen LogP contribution in [0, 0.1) is 11.3 Å². The number of Topliss-reactive ketones (excluding diaryl/α,β-unsaturated/α-hetero) is 1. The Kier molecular flexibility index (Phi) is 4.59. The first kappa shape index (κ1) is 18.8. The number of amides is 1. The monoisotopic (exact) mass is 381 g/mol. The molecule has 1 saturated heterocycles. The average molecular weight is 382 g/mol. The highest BCUT2D eigenvalue weighted by molar-refractivity contribution is 6.31. The highest BCUT2D eigenvalue weighted by Crippen LogP contribution is 2.52. The number of ketones is 1. The fourth-order valence-electron chi connectivity index (χ4n) is 4.35. The summed E-state index contributed by atoms with van der Waals surface area (Å²) in [7, 11) is 1.50. The summed E-state index contributed by atoms with van der Waals surface area (Å²) in [5, 5.41) is 9.68. The molecule has 1 spiro atoms. The van der Waals surface area contributed by atoms with Crippen LogP contribution in [-0.2, 0) is 0 Å². The Hall–Kier alpha value is -1.95. The van der Waals surface area contributed by atoms with E-state index in [4.69, 9.17) is 21.1 Å². The van der Waals surface area contributed by atoms with Crippen LogP contribution in [-0.4, -0.2) is 47.7 Å². The lowest BCUT2D eigenvalue weighted by molar-refractivity contribution is -0.0698. The Balaban J connectivity index is 2.10. The maximum absolute atomic E-state index is 13.5. The van der Waals surface area contributed by atoms with Gasteiger partial charge in [0.05, 0.1) is 13.0 Å². The van der Waals surface area contributed by atoms with Crippen molar-refractivity contribution in [1.82, 2.24) is 4.90 Å². The van der Waals surface area contributed by atoms with Crippen molar-refractivity contribution in [3.8, 4) is 11.5 Å². The number of halogens is 1. The van der Waals surface area contributed by atoms with E-state index >= 15 is 0 Å². The van der Waals surface area contributed by atoms with Crippen molar-refractivity contribution in [1.29, 1.82) is 0 Å². The Morgan fingerprint density at radius 3 is 2.46 bits per heavy atom. The molecule has 1 aromatic rings. The van der Waals surface area contributed by atoms with E-state index in [2.05, 4.69) is 0 Å². The number of benzene rings is 1. The minimum Gasteiger partial charge on any atom is -0.496 e. The molecule has 1 amide bonds. The minimum atomic E-state index is -0.945. The average Bonchev–Trinajstić information content (AvgIpc) is 2.52. The van der Waals surface area contributed by atoms with Crippen LogP contribution in [0.3, 0.4) is 0 Å². The van der Waals surface area contributed by atoms with Crippen LogP contribution in [0.1, 0.15) is 44.0 Å². The molecule has 7 heteroatoms. The summed E-state index contributed by atoms with van der Waals surface area (Å²) in [5.41, 5.74) is -0.683. The fourth-order valence-corrected chi connectivity index (χ4v) is 4.55. The van der Waals surface area contributed by atoms with E-state index in [9.17, 15) is 14.7 Å². The van der Waals surface area contributed by atoms with Crippen molar-refractivity contribution in [3.05, 3.63) is 22.7 Å². The minimum absolute atomic E-state index is 0.0314. The summed E-state index contributed by atoms with van der Waals surface area (Å²) in [6, 6.07) is 3.26. The van der Waals surface area contributed by atoms with E-state index in [0.717, 1.165) is 0 Å². The molecular formula is C19H24ClNO5. The number of piperidine rings is 1. The van der Waals surface area contributed by atoms with E-state index < -0.39 is 17.6 Å². The molecule has 0 radical (unpaired) electrons. The van der Waals surface area contributed by atoms with Gasteiger partial charge in [-0.2, -0.15) is 0 Å². The number of hydrogen-bond donors (Lipinski definition) is 1. The predicted molar refractivity (Wildman–Crippen MR) is 97.5 cm³/mol. The molecular weight excluding hydrogens is 358 g/mol. The lowest BCUT2D eigenvalue weighted by Gasteiger charge is -2.52. The molecule has 0 aromatic heterocycles. The van der Waals surface area contributed by atoms with Crippen LogP contribution in [0.4, 0.5) is 4.79 Å². The number of methoxy groups -OCH3 is 1. The fraction of sp³-hybridized carbons (Fsp3) is 0.579. The molecule has 1 atom stereocenters. The number of rotatable bonds is 1. The second-order valence-corrected chi connectivity index (χ2v) is 8.52. The van der Waals surface area contributed by atoms with Crippen LogP contribution in [0.2, 0.25) is 5.02 Å². The maximum Gasteiger partial charge on any atom is 0.407 e. The second-order valence-electron chi connectivity index (χ2n) is 8.08. The number of carbonyl (C=O) groups is 2. The zero-order chi connectivity index (χ0) is 19.3. The molecule has 142 valence electrons. The summed E-state index contributed by atoms with van der Waals surface area (Å²) in [4.78, 5) is 26.2. The standard InChI is InChI=1S/C19H24ClNO5/c1-18(2,3)16-15(22)14-12(25-4)9-11(20)10-13(14)26-19(16)5-7-21(8-6-19)17(23)24/h9-10,16H,5-8H2,1-4H3,(H,23,24). The molecule has 1 fully saturated rings. The highest BCUT2D eigenvalue weighted by Gasteiger charge is 2.56. The van der Waals surface area contributed by atoms with Gasteiger partial charge in [0.25, 0.3) is 0 Å². The number of likely N-dealkylation sites (tertiary alicyclic amines) is 1. The van der Waals surface area contributed by atoms with Crippen molar-refractivity contribution in [2.24, 2.45) is 11.3 Å². The van der Waals surface area contributed by atoms with Gasteiger partial charge in [-0.3, -0.25) is 4.79 Å². The molecule has 1 unspecified atom stereocenters. The molecule has 1 N–H and O–H groups in total. The number of nitrogens with zero attached hydrogens (tertiary/aromatic N) is 1. The normalized spacial score (nSPS) is 22.0. The summed E-state index contributed by atoms with van der Waals surface area (Å²) < 4.78 is 11.8. The van der Waals surface area contributed by atoms with Crippen molar-refractivity contribution in [2.75, 3.05) is 20.2 Å². The Labute approximate surface area is 158 Å². The summed E-state index contributed by atoms with van der Waals surface area (Å²) in [6.07, 6.45) is -0.0259. The van der Waals surface area contributed by atoms with Crippen molar-refractivity contribution in [3.63, 3.8) is 0 Å². The highest BCUT2D eigenvalue weighted by atomic mass is 35.5. The second kappa shape index (κ2) is 6.34. The van der Waals surface area contributed by atoms with Gasteiger partial charge >= 0.3 is 6.09 Å². The Bertz CT molecular complexity index is 747. The van der Waals surface area contributed by atoms with Gasteiger partial charge in [-0.15, -0.1) is 0 Å². The van der Waals surface area contributed by atoms with Gasteiger partial charge in [0.1, 0.15) is 22.7 Å². The van der Waals surface area contributed by atoms with E-state index in [-0.39, 0.29) is 11.2 Å². The van der Waals surface area contributed by atoms with Crippen molar-refractivity contribution >= 4 is 23.5 Å². The number of carbonyl (C=O) groups excluding carboxylic acids is 1. The lowest BCUT2D eigenvalue weighted by atomic mass is 9.62. The first-order valence-electron chi connectivity index (χ1n) is 8.68. The molecule has 1 aromatic carbocycles. The summed E-state index contributed by atoms with van der Waals surface area (Å²) in [5.74, 6) is 0.387. The van der Waals surface area contributed by atoms with Crippen LogP contribution < -0.4 is 9.47 Å². The Morgan fingerprint density at radius 1 is 1.35 bits per heavy atom. The zero-order valence-electron chi connectivity index (χ0n) is 15.5. The predicted octanol–water partition coefficient (Wildman–Crippen LogP) is 4.10. The van der Waals surface area contributed by atoms with Crippen LogP contribution in [0.5, 0.6) is 11.5 Å². The van der Waals surface area contributed by atoms with Gasteiger partial charge in [-0.1, -0.05) is 32.4 Å². The van der Waals surface area contributed by atoms with Crippen LogP contribution in [0.25, 0.3) is 0 Å². The molecule has 6 nitrogen and oxygen atoms in total. The number of carboxylic acid groups (broad SMARTS) is 1. The molecule has 0 aliphatic carbocycles. The van der Waals surface area contributed by atoms with E-state index in [0.29, 0.717) is 48.0 Å². The Morgan fingerprint density at radius 2 is 1.96 bits per heavy atom. The lowest BCUT2D eigenvalue weighted by Crippen LogP contribution is -2.60. The molecule has 2 heterocycles. The molecule has 2 aliphatic rings. The first-order chi connectivity index (χ1) is 12.1. The number of hydrogen-bond acceptors (Lipinski definition) is 4. The van der Waals surface area contributed by atoms with Gasteiger partial charge in [-0.05, 0) is 17.5 Å². The van der Waals surface area contributed by atoms with Crippen molar-refractivity contribution < 1.29 is 24.2 Å². The van der Waals surface area contributed by atoms with Gasteiger partial charge in [0.2, 0.25) is 0 Å². The van der Waals surface area contributed by atoms with Crippen LogP contribution in [0.15, 0.2) is 12.1 Å². The summed E-state index contributed by atoms with van der Waals surface area (Å²) >= 11 is 6.17. The third kappa shape index (κ3) is 3.00. The molecule has 26 heavy (non-hydrogen) atoms. The van der Waals surface area contributed by atoms with E-state index in [1.807, 2.05) is 20.8 Å². The molecule has 2 aliphatic heterocycles. The topological polar surface area (TPSA) is 76.1 Å². The van der Waals surface area contributed by atoms with E-state index in [1.54, 1.807) is 12.1 Å². The third-order valence-electron chi connectivity index (χ3n) is 5.34. The number of fused-ring (bicyclic) bond motifs is 1. The number of ether oxygens (including phenoxy) is 2. The van der Waals surface area contributed by atoms with Gasteiger partial charge in [0, 0.05) is 31.0 Å². The quantitative estimate of drug-likeness (QED) is 0.792. The van der Waals surface area contributed by atoms with E-state index in [1.165, 1.54) is 12.0 Å². The SMILES string of the molecule is COc1cc(Cl)cc2c1C(=O)C(C(C)(C)C)C1(CCN(C(=O)O)CC1)O2. The van der Waals surface area contributed by atoms with Crippen LogP contribution >= 0.6 is 11.6 Å². The smallest absolute Gasteiger partial charge is 0.407 e. The van der Waals surface area contributed by atoms with Gasteiger partial charge < -0.3 is 19.5 Å². The largest absolute Gasteiger partial charge is 0.496 e. The maximum atomic E-state index is 13.5. The van der Waals surface area contributed by atoms with Gasteiger partial charge in [-0.25, -0.2) is 4.79 Å². The third-order valence-corrected chi connectivity index (χ3v) is 5.56. The van der Waals surface area contributed by atoms with Crippen molar-refractivity contribution in [2.45, 2.75) is 39.2 Å².